The molecule has 12 nitrogen and oxygen atoms in total. The third kappa shape index (κ3) is 9.30. The lowest BCUT2D eigenvalue weighted by Gasteiger charge is -2.69. The van der Waals surface area contributed by atoms with Crippen LogP contribution in [0.1, 0.15) is 183 Å². The maximum absolute atomic E-state index is 16.0. The van der Waals surface area contributed by atoms with Gasteiger partial charge in [-0.25, -0.2) is 4.79 Å². The molecule has 0 aromatic carbocycles. The van der Waals surface area contributed by atoms with Crippen molar-refractivity contribution in [2.45, 2.75) is 287 Å². The maximum atomic E-state index is 16.0. The van der Waals surface area contributed by atoms with Gasteiger partial charge < -0.3 is 47.9 Å². The van der Waals surface area contributed by atoms with Gasteiger partial charge in [-0.3, -0.25) is 4.79 Å². The fourth-order valence-electron chi connectivity index (χ4n) is 18.0. The zero-order valence-corrected chi connectivity index (χ0v) is 51.0. The molecule has 2 aliphatic heterocycles. The minimum absolute atomic E-state index is 0.00775. The number of ketones is 1. The van der Waals surface area contributed by atoms with Gasteiger partial charge in [-0.2, -0.15) is 0 Å². The normalized spacial score (nSPS) is 38.4. The van der Waals surface area contributed by atoms with Crippen molar-refractivity contribution in [1.82, 2.24) is 0 Å². The number of fused-ring (bicyclic) bond motifs is 5. The van der Waals surface area contributed by atoms with Gasteiger partial charge in [-0.05, 0) is 106 Å². The van der Waals surface area contributed by atoms with Crippen LogP contribution in [0.3, 0.4) is 0 Å². The Kier molecular flexibility index (Phi) is 17.7. The zero-order valence-electron chi connectivity index (χ0n) is 48.0. The summed E-state index contributed by atoms with van der Waals surface area (Å²) >= 11 is 0. The molecule has 410 valence electrons. The highest BCUT2D eigenvalue weighted by Gasteiger charge is 2.77. The van der Waals surface area contributed by atoms with E-state index in [0.29, 0.717) is 25.7 Å². The highest BCUT2D eigenvalue weighted by molar-refractivity contribution is 6.78. The van der Waals surface area contributed by atoms with Gasteiger partial charge in [0.1, 0.15) is 30.7 Å². The first-order chi connectivity index (χ1) is 32.7. The van der Waals surface area contributed by atoms with Crippen LogP contribution < -0.4 is 0 Å². The van der Waals surface area contributed by atoms with E-state index in [1.807, 2.05) is 6.92 Å². The molecule has 0 aromatic heterocycles. The highest BCUT2D eigenvalue weighted by Crippen LogP contribution is 2.71. The van der Waals surface area contributed by atoms with Crippen LogP contribution in [0.4, 0.5) is 0 Å². The fourth-order valence-corrected chi connectivity index (χ4v) is 34.7. The van der Waals surface area contributed by atoms with Crippen LogP contribution >= 0.6 is 0 Å². The van der Waals surface area contributed by atoms with Crippen molar-refractivity contribution in [1.29, 1.82) is 0 Å². The Labute approximate surface area is 433 Å². The summed E-state index contributed by atoms with van der Waals surface area (Å²) in [5, 5.41) is 52.2. The molecule has 6 rings (SSSR count). The van der Waals surface area contributed by atoms with Gasteiger partial charge in [0, 0.05) is 36.9 Å². The quantitative estimate of drug-likeness (QED) is 0.0549. The molecule has 6 aliphatic rings. The van der Waals surface area contributed by atoms with Crippen molar-refractivity contribution >= 4 is 36.7 Å². The Hall–Kier alpha value is -0.829. The van der Waals surface area contributed by atoms with Crippen LogP contribution in [0, 0.1) is 28.6 Å². The van der Waals surface area contributed by atoms with E-state index in [2.05, 4.69) is 125 Å². The number of ether oxygens (including phenoxy) is 3. The second-order valence-electron chi connectivity index (χ2n) is 26.9. The predicted molar refractivity (Wildman–Crippen MR) is 287 cm³/mol. The lowest BCUT2D eigenvalue weighted by molar-refractivity contribution is -0.328. The van der Waals surface area contributed by atoms with E-state index in [0.717, 1.165) is 5.57 Å². The predicted octanol–water partition coefficient (Wildman–Crippen LogP) is 11.3. The second kappa shape index (κ2) is 21.2. The first-order valence-corrected chi connectivity index (χ1v) is 34.7. The standard InChI is InChI=1S/C56H102O12Si3/c1-31(2)69(32(3)4,33(5)6)64-30-55-46(67-70(34(7)8,35(9)10)36(11)12)26-42(66-52-50(60)51(49(59)40(19)65-52)68-71(37(13)14,38(15)16)39(17)18)27-54(55,61)23-21-44-48(55)45(57)28-53(20)43(22-24-56(44,53)62)41-25-47(58)63-29-41/h25,31-40,42-44,46,48-52,59-62H,21-24,26-30H2,1-20H3/t40-,42-,43+,44+,46+,48+,49-,50+,51+,52-,53+,54-,55+,56-/m0/s1. The number of aliphatic hydroxyl groups excluding tert-OH is 2. The van der Waals surface area contributed by atoms with E-state index in [-0.39, 0.29) is 100 Å². The number of hydrogen-bond acceptors (Lipinski definition) is 12. The summed E-state index contributed by atoms with van der Waals surface area (Å²) in [6.07, 6.45) is -2.84. The van der Waals surface area contributed by atoms with Crippen molar-refractivity contribution in [2.24, 2.45) is 28.6 Å². The number of cyclic esters (lactones) is 1. The van der Waals surface area contributed by atoms with E-state index in [1.54, 1.807) is 13.0 Å². The number of hydrogen-bond donors (Lipinski definition) is 4. The molecule has 1 saturated heterocycles. The summed E-state index contributed by atoms with van der Waals surface area (Å²) in [7, 11) is -8.13. The van der Waals surface area contributed by atoms with Crippen LogP contribution in [0.5, 0.6) is 0 Å². The monoisotopic (exact) mass is 1050 g/mol. The molecule has 4 saturated carbocycles. The van der Waals surface area contributed by atoms with Crippen molar-refractivity contribution in [3.63, 3.8) is 0 Å². The van der Waals surface area contributed by atoms with E-state index in [9.17, 15) is 25.2 Å². The average Bonchev–Trinajstić information content (AvgIpc) is 3.79. The summed E-state index contributed by atoms with van der Waals surface area (Å²) in [6.45, 7) is 44.4. The third-order valence-electron chi connectivity index (χ3n) is 21.0. The van der Waals surface area contributed by atoms with E-state index in [1.165, 1.54) is 0 Å². The lowest BCUT2D eigenvalue weighted by atomic mass is 9.40. The minimum atomic E-state index is -2.84. The molecule has 0 amide bonds. The fraction of sp³-hybridized carbons (Fsp3) is 0.929. The molecular formula is C56H102O12Si3. The van der Waals surface area contributed by atoms with Gasteiger partial charge in [0.15, 0.2) is 14.6 Å². The van der Waals surface area contributed by atoms with Crippen LogP contribution in [0.15, 0.2) is 11.6 Å². The molecule has 14 atom stereocenters. The highest BCUT2D eigenvalue weighted by atomic mass is 28.4. The SMILES string of the molecule is CC(C)[Si](OC[C@]12[C@H](O[Si](C(C)C)(C(C)C)C(C)C)C[C@H](O[C@@H]3O[C@@H](C)[C@H](O)[C@@H](O[Si](C(C)C)(C(C)C)C(C)C)[C@H]3O)C[C@@]1(O)CC[C@@H]1[C@@H]2C(=O)C[C@]2(C)[C@@H](C3=CC(=O)OC3)CC[C@]12O)(C(C)C)C(C)C. The Morgan fingerprint density at radius 2 is 1.21 bits per heavy atom. The Morgan fingerprint density at radius 3 is 1.69 bits per heavy atom. The first-order valence-electron chi connectivity index (χ1n) is 28.2. The summed E-state index contributed by atoms with van der Waals surface area (Å²) in [4.78, 5) is 28.5. The van der Waals surface area contributed by atoms with Crippen LogP contribution in [-0.4, -0.2) is 124 Å². The molecule has 0 unspecified atom stereocenters. The van der Waals surface area contributed by atoms with E-state index >= 15 is 4.79 Å². The number of esters is 1. The topological polar surface area (TPSA) is 170 Å². The van der Waals surface area contributed by atoms with E-state index in [4.69, 9.17) is 27.5 Å². The second-order valence-corrected chi connectivity index (χ2v) is 43.2. The van der Waals surface area contributed by atoms with Gasteiger partial charge in [0.25, 0.3) is 0 Å². The summed E-state index contributed by atoms with van der Waals surface area (Å²) in [5.41, 5.74) is -2.39. The van der Waals surface area contributed by atoms with Crippen molar-refractivity contribution < 1.29 is 57.5 Å². The van der Waals surface area contributed by atoms with Gasteiger partial charge >= 0.3 is 5.97 Å². The van der Waals surface area contributed by atoms with Gasteiger partial charge in [-0.15, -0.1) is 0 Å². The van der Waals surface area contributed by atoms with Crippen molar-refractivity contribution in [3.8, 4) is 0 Å². The molecule has 2 heterocycles. The average molecular weight is 1050 g/mol. The molecule has 4 aliphatic carbocycles. The molecule has 4 N–H and O–H groups in total. The molecule has 15 heteroatoms. The Morgan fingerprint density at radius 1 is 0.704 bits per heavy atom. The minimum Gasteiger partial charge on any atom is -0.458 e. The number of rotatable bonds is 19. The number of Topliss-reactive ketones (excluding diaryl/α,β-unsaturated/α-hetero) is 1. The smallest absolute Gasteiger partial charge is 0.331 e. The van der Waals surface area contributed by atoms with Gasteiger partial charge in [0.2, 0.25) is 16.6 Å². The number of carbonyl (C=O) groups excluding carboxylic acids is 2. The van der Waals surface area contributed by atoms with Crippen LogP contribution in [-0.2, 0) is 37.1 Å². The molecule has 0 aromatic rings. The molecular weight excluding hydrogens is 949 g/mol. The van der Waals surface area contributed by atoms with Gasteiger partial charge in [0.05, 0.1) is 34.9 Å². The van der Waals surface area contributed by atoms with Crippen LogP contribution in [0.2, 0.25) is 49.9 Å². The summed E-state index contributed by atoms with van der Waals surface area (Å²) < 4.78 is 42.1. The largest absolute Gasteiger partial charge is 0.458 e. The molecule has 0 bridgehead atoms. The number of carbonyl (C=O) groups is 2. The molecule has 5 fully saturated rings. The van der Waals surface area contributed by atoms with Gasteiger partial charge in [-0.1, -0.05) is 132 Å². The van der Waals surface area contributed by atoms with E-state index < -0.39 is 102 Å². The molecule has 71 heavy (non-hydrogen) atoms. The lowest BCUT2D eigenvalue weighted by Crippen LogP contribution is -2.77. The summed E-state index contributed by atoms with van der Waals surface area (Å²) in [6, 6.07) is 0. The van der Waals surface area contributed by atoms with Crippen LogP contribution in [0.25, 0.3) is 0 Å². The summed E-state index contributed by atoms with van der Waals surface area (Å²) in [5.74, 6) is -1.89. The van der Waals surface area contributed by atoms with Crippen molar-refractivity contribution in [3.05, 3.63) is 11.6 Å². The first kappa shape index (κ1) is 59.4. The Bertz CT molecular complexity index is 1850. The molecule has 0 radical (unpaired) electrons. The zero-order chi connectivity index (χ0) is 53.5. The molecule has 0 spiro atoms. The number of aliphatic hydroxyl groups is 4. The van der Waals surface area contributed by atoms with Crippen molar-refractivity contribution in [2.75, 3.05) is 13.2 Å². The maximum Gasteiger partial charge on any atom is 0.331 e. The Balaban J connectivity index is 1.54. The third-order valence-corrected chi connectivity index (χ3v) is 39.3.